The van der Waals surface area contributed by atoms with E-state index in [1.165, 1.54) is 0 Å². The highest BCUT2D eigenvalue weighted by atomic mass is 19.4. The van der Waals surface area contributed by atoms with Crippen LogP contribution in [0.15, 0.2) is 24.3 Å². The molecule has 0 atom stereocenters. The fourth-order valence-electron chi connectivity index (χ4n) is 1.62. The molecular weight excluding hydrogens is 395 g/mol. The van der Waals surface area contributed by atoms with Crippen LogP contribution in [0.3, 0.4) is 0 Å². The van der Waals surface area contributed by atoms with Crippen molar-refractivity contribution in [2.24, 2.45) is 0 Å². The first-order valence-corrected chi connectivity index (χ1v) is 5.99. The number of carbonyl (C=O) groups is 1. The van der Waals surface area contributed by atoms with Crippen LogP contribution in [0.2, 0.25) is 0 Å². The number of anilines is 1. The molecule has 2 N–H and O–H groups in total. The van der Waals surface area contributed by atoms with Crippen LogP contribution in [-0.4, -0.2) is 35.4 Å². The van der Waals surface area contributed by atoms with Gasteiger partial charge in [-0.25, -0.2) is 4.79 Å². The summed E-state index contributed by atoms with van der Waals surface area (Å²) in [4.78, 5) is 11.2. The minimum Gasteiger partial charge on any atom is -0.733 e. The zero-order valence-corrected chi connectivity index (χ0v) is 11.8. The molecule has 0 heterocycles. The number of hydrogen-bond donors (Lipinski definition) is 2. The van der Waals surface area contributed by atoms with Crippen LogP contribution in [0.25, 0.3) is 0 Å². The summed E-state index contributed by atoms with van der Waals surface area (Å²) in [6.45, 7) is 0. The molecule has 0 aliphatic heterocycles. The molecule has 0 fully saturated rings. The van der Waals surface area contributed by atoms with Gasteiger partial charge in [0.15, 0.2) is 0 Å². The van der Waals surface area contributed by atoms with E-state index >= 15 is 0 Å². The van der Waals surface area contributed by atoms with E-state index in [4.69, 9.17) is 5.21 Å². The van der Waals surface area contributed by atoms with Crippen molar-refractivity contribution >= 4 is 11.8 Å². The predicted molar refractivity (Wildman–Crippen MR) is 64.1 cm³/mol. The SMILES string of the molecule is O=C(NC(C(F)(F)F)(C(F)(F)F)C(F)(F)F)Oc1ccc(N([O-])O)cc1. The Hall–Kier alpha value is -2.42. The van der Waals surface area contributed by atoms with Gasteiger partial charge in [-0.2, -0.15) is 39.5 Å². The average Bonchev–Trinajstić information content (AvgIpc) is 2.41. The molecule has 0 bridgehead atoms. The molecule has 1 amide bonds. The van der Waals surface area contributed by atoms with Gasteiger partial charge in [-0.3, -0.25) is 10.5 Å². The molecule has 0 aliphatic rings. The van der Waals surface area contributed by atoms with E-state index in [0.29, 0.717) is 24.3 Å². The number of nitrogens with zero attached hydrogens (tertiary/aromatic N) is 1. The number of amides is 1. The third-order valence-electron chi connectivity index (χ3n) is 2.83. The average molecular weight is 401 g/mol. The monoisotopic (exact) mass is 401 g/mol. The maximum atomic E-state index is 12.6. The van der Waals surface area contributed by atoms with Crippen LogP contribution < -0.4 is 15.3 Å². The number of halogens is 9. The number of benzene rings is 1. The van der Waals surface area contributed by atoms with Crippen molar-refractivity contribution in [1.82, 2.24) is 5.32 Å². The summed E-state index contributed by atoms with van der Waals surface area (Å²) < 4.78 is 118. The zero-order valence-electron chi connectivity index (χ0n) is 11.8. The first-order chi connectivity index (χ1) is 11.5. The van der Waals surface area contributed by atoms with Crippen LogP contribution in [0.5, 0.6) is 5.75 Å². The van der Waals surface area contributed by atoms with Gasteiger partial charge in [0.05, 0.1) is 5.69 Å². The summed E-state index contributed by atoms with van der Waals surface area (Å²) in [5.74, 6) is -0.812. The molecule has 0 saturated heterocycles. The van der Waals surface area contributed by atoms with Crippen LogP contribution in [0.1, 0.15) is 0 Å². The number of ether oxygens (including phenoxy) is 1. The molecule has 0 aromatic heterocycles. The van der Waals surface area contributed by atoms with E-state index in [1.807, 2.05) is 0 Å². The fourth-order valence-corrected chi connectivity index (χ4v) is 1.62. The predicted octanol–water partition coefficient (Wildman–Crippen LogP) is 3.89. The molecule has 15 heteroatoms. The molecular formula is C11H6F9N2O4-. The number of alkyl halides is 9. The van der Waals surface area contributed by atoms with Gasteiger partial charge < -0.3 is 15.2 Å². The fraction of sp³-hybridized carbons (Fsp3) is 0.364. The molecule has 148 valence electrons. The molecule has 1 aromatic rings. The second kappa shape index (κ2) is 6.71. The molecule has 0 spiro atoms. The first-order valence-electron chi connectivity index (χ1n) is 5.99. The minimum atomic E-state index is -6.99. The quantitative estimate of drug-likeness (QED) is 0.593. The Morgan fingerprint density at radius 2 is 1.31 bits per heavy atom. The summed E-state index contributed by atoms with van der Waals surface area (Å²) >= 11 is 0. The van der Waals surface area contributed by atoms with Gasteiger partial charge in [0.2, 0.25) is 0 Å². The van der Waals surface area contributed by atoms with Gasteiger partial charge in [0.25, 0.3) is 0 Å². The van der Waals surface area contributed by atoms with E-state index in [9.17, 15) is 49.5 Å². The topological polar surface area (TPSA) is 84.9 Å². The highest BCUT2D eigenvalue weighted by molar-refractivity contribution is 5.72. The lowest BCUT2D eigenvalue weighted by Gasteiger charge is -2.38. The third kappa shape index (κ3) is 4.04. The van der Waals surface area contributed by atoms with Crippen molar-refractivity contribution in [2.45, 2.75) is 24.1 Å². The Morgan fingerprint density at radius 3 is 1.62 bits per heavy atom. The van der Waals surface area contributed by atoms with E-state index in [0.717, 1.165) is 0 Å². The Kier molecular flexibility index (Phi) is 5.58. The molecule has 1 rings (SSSR count). The van der Waals surface area contributed by atoms with Gasteiger partial charge in [-0.05, 0) is 24.3 Å². The zero-order chi connectivity index (χ0) is 20.6. The maximum Gasteiger partial charge on any atom is 0.429 e. The molecule has 0 unspecified atom stereocenters. The van der Waals surface area contributed by atoms with Gasteiger partial charge in [-0.1, -0.05) is 0 Å². The highest BCUT2D eigenvalue weighted by Gasteiger charge is 2.85. The molecule has 1 aromatic carbocycles. The summed E-state index contributed by atoms with van der Waals surface area (Å²) in [6, 6.07) is 2.65. The number of hydrogen-bond acceptors (Lipinski definition) is 5. The highest BCUT2D eigenvalue weighted by Crippen LogP contribution is 2.52. The Bertz CT molecular complexity index is 601. The molecule has 0 aliphatic carbocycles. The largest absolute Gasteiger partial charge is 0.733 e. The Morgan fingerprint density at radius 1 is 0.923 bits per heavy atom. The minimum absolute atomic E-state index is 0.221. The number of carbonyl (C=O) groups excluding carboxylic acids is 1. The molecule has 26 heavy (non-hydrogen) atoms. The number of nitrogens with one attached hydrogen (secondary N) is 1. The lowest BCUT2D eigenvalue weighted by Crippen LogP contribution is -2.75. The summed E-state index contributed by atoms with van der Waals surface area (Å²) in [5.41, 5.74) is -7.05. The standard InChI is InChI=1S/C11H6F9N2O4/c12-9(13,14)8(10(15,16)17,11(18,19)20)21-7(23)26-6-3-1-5(2-4-6)22(24)25/h1-4,24H,(H,21,23)/q-1. The van der Waals surface area contributed by atoms with E-state index < -0.39 is 46.8 Å². The molecule has 0 radical (unpaired) electrons. The van der Waals surface area contributed by atoms with Crippen LogP contribution in [0, 0.1) is 5.21 Å². The van der Waals surface area contributed by atoms with Crippen molar-refractivity contribution in [3.8, 4) is 5.75 Å². The van der Waals surface area contributed by atoms with Crippen molar-refractivity contribution in [3.63, 3.8) is 0 Å². The van der Waals surface area contributed by atoms with Crippen LogP contribution in [-0.2, 0) is 0 Å². The van der Waals surface area contributed by atoms with Crippen molar-refractivity contribution < 1.29 is 54.3 Å². The van der Waals surface area contributed by atoms with Gasteiger partial charge in [0, 0.05) is 0 Å². The van der Waals surface area contributed by atoms with Crippen molar-refractivity contribution in [1.29, 1.82) is 0 Å². The lowest BCUT2D eigenvalue weighted by molar-refractivity contribution is -0.386. The smallest absolute Gasteiger partial charge is 0.429 e. The third-order valence-corrected chi connectivity index (χ3v) is 2.83. The second-order valence-electron chi connectivity index (χ2n) is 4.52. The molecule has 0 saturated carbocycles. The second-order valence-corrected chi connectivity index (χ2v) is 4.52. The van der Waals surface area contributed by atoms with Crippen molar-refractivity contribution in [2.75, 3.05) is 5.23 Å². The van der Waals surface area contributed by atoms with E-state index in [1.54, 1.807) is 0 Å². The van der Waals surface area contributed by atoms with E-state index in [-0.39, 0.29) is 5.32 Å². The first kappa shape index (κ1) is 21.6. The molecule has 6 nitrogen and oxygen atoms in total. The van der Waals surface area contributed by atoms with E-state index in [2.05, 4.69) is 4.74 Å². The summed E-state index contributed by atoms with van der Waals surface area (Å²) in [7, 11) is 0. The van der Waals surface area contributed by atoms with Crippen LogP contribution >= 0.6 is 0 Å². The normalized spacial score (nSPS) is 13.3. The van der Waals surface area contributed by atoms with Gasteiger partial charge >= 0.3 is 30.2 Å². The van der Waals surface area contributed by atoms with Crippen molar-refractivity contribution in [3.05, 3.63) is 29.5 Å². The Balaban J connectivity index is 3.18. The number of rotatable bonds is 3. The van der Waals surface area contributed by atoms with Gasteiger partial charge in [-0.15, -0.1) is 0 Å². The van der Waals surface area contributed by atoms with Crippen LogP contribution in [0.4, 0.5) is 50.0 Å². The maximum absolute atomic E-state index is 12.6. The van der Waals surface area contributed by atoms with Gasteiger partial charge in [0.1, 0.15) is 5.75 Å². The Labute approximate surface area is 137 Å². The summed E-state index contributed by atoms with van der Waals surface area (Å²) in [6.07, 6.45) is -23.7. The summed E-state index contributed by atoms with van der Waals surface area (Å²) in [5, 5.41) is 18.1. The lowest BCUT2D eigenvalue weighted by atomic mass is 9.97.